The number of likely N-dealkylation sites (tertiary alicyclic amines) is 1. The van der Waals surface area contributed by atoms with Crippen molar-refractivity contribution in [3.05, 3.63) is 30.0 Å². The first-order valence-corrected chi connectivity index (χ1v) is 8.32. The Hall–Kier alpha value is -2.41. The van der Waals surface area contributed by atoms with E-state index in [-0.39, 0.29) is 18.2 Å². The Kier molecular flexibility index (Phi) is 3.72. The summed E-state index contributed by atoms with van der Waals surface area (Å²) in [6, 6.07) is 7.54. The Morgan fingerprint density at radius 3 is 2.83 bits per heavy atom. The van der Waals surface area contributed by atoms with Crippen molar-refractivity contribution >= 4 is 22.8 Å². The number of benzene rings is 1. The average molecular weight is 328 g/mol. The second kappa shape index (κ2) is 5.90. The zero-order valence-electron chi connectivity index (χ0n) is 13.4. The van der Waals surface area contributed by atoms with Crippen LogP contribution in [0.2, 0.25) is 0 Å². The average Bonchev–Trinajstić information content (AvgIpc) is 3.01. The lowest BCUT2D eigenvalue weighted by molar-refractivity contribution is -0.138. The lowest BCUT2D eigenvalue weighted by Crippen LogP contribution is -2.67. The summed E-state index contributed by atoms with van der Waals surface area (Å²) >= 11 is 0. The molecule has 7 nitrogen and oxygen atoms in total. The molecule has 1 spiro atoms. The molecular formula is C17H20N4O3. The standard InChI is InChI=1S/C17H20N4O3/c22-15(11-13-12-3-1-2-4-14(12)24-20-13)21-9-5-17(6-10-21)16(23)18-7-8-19-17/h1-4,19H,5-11H2,(H,18,23). The first-order valence-electron chi connectivity index (χ1n) is 8.32. The van der Waals surface area contributed by atoms with E-state index >= 15 is 0 Å². The molecule has 0 saturated carbocycles. The van der Waals surface area contributed by atoms with E-state index in [1.165, 1.54) is 0 Å². The van der Waals surface area contributed by atoms with Gasteiger partial charge in [-0.05, 0) is 25.0 Å². The van der Waals surface area contributed by atoms with Gasteiger partial charge in [0.15, 0.2) is 5.58 Å². The first-order chi connectivity index (χ1) is 11.7. The highest BCUT2D eigenvalue weighted by atomic mass is 16.5. The van der Waals surface area contributed by atoms with Gasteiger partial charge in [0.25, 0.3) is 0 Å². The third-order valence-electron chi connectivity index (χ3n) is 5.05. The Bertz CT molecular complexity index is 777. The van der Waals surface area contributed by atoms with Gasteiger partial charge >= 0.3 is 0 Å². The molecule has 0 unspecified atom stereocenters. The lowest BCUT2D eigenvalue weighted by atomic mass is 9.85. The van der Waals surface area contributed by atoms with Crippen molar-refractivity contribution in [1.29, 1.82) is 0 Å². The van der Waals surface area contributed by atoms with Crippen LogP contribution in [0.25, 0.3) is 11.0 Å². The molecule has 126 valence electrons. The van der Waals surface area contributed by atoms with Gasteiger partial charge in [-0.15, -0.1) is 0 Å². The zero-order valence-corrected chi connectivity index (χ0v) is 13.4. The number of hydrogen-bond donors (Lipinski definition) is 2. The number of nitrogens with one attached hydrogen (secondary N) is 2. The monoisotopic (exact) mass is 328 g/mol. The minimum atomic E-state index is -0.504. The third kappa shape index (κ3) is 2.54. The van der Waals surface area contributed by atoms with Crippen LogP contribution in [0.15, 0.2) is 28.8 Å². The fraction of sp³-hybridized carbons (Fsp3) is 0.471. The van der Waals surface area contributed by atoms with Gasteiger partial charge in [0.2, 0.25) is 11.8 Å². The van der Waals surface area contributed by atoms with Crippen molar-refractivity contribution in [1.82, 2.24) is 20.7 Å². The minimum absolute atomic E-state index is 0.0279. The molecule has 0 radical (unpaired) electrons. The van der Waals surface area contributed by atoms with E-state index < -0.39 is 5.54 Å². The van der Waals surface area contributed by atoms with Crippen molar-refractivity contribution in [3.8, 4) is 0 Å². The molecule has 2 aliphatic rings. The number of carbonyl (C=O) groups is 2. The second-order valence-corrected chi connectivity index (χ2v) is 6.45. The number of piperidine rings is 1. The van der Waals surface area contributed by atoms with Gasteiger partial charge in [-0.2, -0.15) is 0 Å². The van der Waals surface area contributed by atoms with E-state index in [0.717, 1.165) is 11.9 Å². The molecule has 1 aromatic heterocycles. The number of amides is 2. The maximum absolute atomic E-state index is 12.6. The Labute approximate surface area is 139 Å². The summed E-state index contributed by atoms with van der Waals surface area (Å²) in [6.45, 7) is 2.61. The van der Waals surface area contributed by atoms with E-state index in [1.54, 1.807) is 0 Å². The van der Waals surface area contributed by atoms with Crippen molar-refractivity contribution in [3.63, 3.8) is 0 Å². The maximum Gasteiger partial charge on any atom is 0.240 e. The van der Waals surface area contributed by atoms with Gasteiger partial charge in [-0.25, -0.2) is 0 Å². The van der Waals surface area contributed by atoms with Gasteiger partial charge < -0.3 is 20.1 Å². The zero-order chi connectivity index (χ0) is 16.6. The molecule has 24 heavy (non-hydrogen) atoms. The van der Waals surface area contributed by atoms with E-state index in [1.807, 2.05) is 29.2 Å². The van der Waals surface area contributed by atoms with E-state index in [0.29, 0.717) is 43.8 Å². The van der Waals surface area contributed by atoms with Crippen LogP contribution >= 0.6 is 0 Å². The van der Waals surface area contributed by atoms with Crippen LogP contribution in [-0.4, -0.2) is 53.6 Å². The van der Waals surface area contributed by atoms with Crippen molar-refractivity contribution in [2.45, 2.75) is 24.8 Å². The van der Waals surface area contributed by atoms with E-state index in [4.69, 9.17) is 4.52 Å². The molecule has 4 rings (SSSR count). The molecule has 2 amide bonds. The summed E-state index contributed by atoms with van der Waals surface area (Å²) < 4.78 is 5.26. The molecular weight excluding hydrogens is 308 g/mol. The number of piperazine rings is 1. The van der Waals surface area contributed by atoms with Gasteiger partial charge in [-0.1, -0.05) is 17.3 Å². The summed E-state index contributed by atoms with van der Waals surface area (Å²) in [4.78, 5) is 26.6. The molecule has 0 bridgehead atoms. The molecule has 0 atom stereocenters. The van der Waals surface area contributed by atoms with Gasteiger partial charge in [0, 0.05) is 31.6 Å². The van der Waals surface area contributed by atoms with Crippen molar-refractivity contribution < 1.29 is 14.1 Å². The van der Waals surface area contributed by atoms with Gasteiger partial charge in [0.1, 0.15) is 11.2 Å². The van der Waals surface area contributed by atoms with Crippen molar-refractivity contribution in [2.75, 3.05) is 26.2 Å². The highest BCUT2D eigenvalue weighted by Crippen LogP contribution is 2.25. The molecule has 3 heterocycles. The van der Waals surface area contributed by atoms with E-state index in [2.05, 4.69) is 15.8 Å². The minimum Gasteiger partial charge on any atom is -0.356 e. The largest absolute Gasteiger partial charge is 0.356 e. The molecule has 2 aromatic rings. The number of para-hydroxylation sites is 1. The van der Waals surface area contributed by atoms with E-state index in [9.17, 15) is 9.59 Å². The summed E-state index contributed by atoms with van der Waals surface area (Å²) in [7, 11) is 0. The fourth-order valence-electron chi connectivity index (χ4n) is 3.59. The number of carbonyl (C=O) groups excluding carboxylic acids is 2. The quantitative estimate of drug-likeness (QED) is 0.836. The normalized spacial score (nSPS) is 20.3. The second-order valence-electron chi connectivity index (χ2n) is 6.45. The molecule has 2 N–H and O–H groups in total. The van der Waals surface area contributed by atoms with Crippen LogP contribution in [0.4, 0.5) is 0 Å². The van der Waals surface area contributed by atoms with Crippen LogP contribution in [0.5, 0.6) is 0 Å². The number of aromatic nitrogens is 1. The predicted octanol–water partition coefficient (Wildman–Crippen LogP) is 0.451. The summed E-state index contributed by atoms with van der Waals surface area (Å²) in [6.07, 6.45) is 1.51. The number of nitrogens with zero attached hydrogens (tertiary/aromatic N) is 2. The van der Waals surface area contributed by atoms with Crippen LogP contribution in [-0.2, 0) is 16.0 Å². The predicted molar refractivity (Wildman–Crippen MR) is 87.3 cm³/mol. The fourth-order valence-corrected chi connectivity index (χ4v) is 3.59. The summed E-state index contributed by atoms with van der Waals surface area (Å²) in [5, 5.41) is 11.2. The maximum atomic E-state index is 12.6. The molecule has 2 aliphatic heterocycles. The van der Waals surface area contributed by atoms with Crippen LogP contribution in [0.3, 0.4) is 0 Å². The SMILES string of the molecule is O=C(Cc1noc2ccccc12)N1CCC2(CC1)NCCNC2=O. The summed E-state index contributed by atoms with van der Waals surface area (Å²) in [5.74, 6) is 0.0865. The highest BCUT2D eigenvalue weighted by molar-refractivity contribution is 5.88. The molecule has 0 aliphatic carbocycles. The number of fused-ring (bicyclic) bond motifs is 1. The Morgan fingerprint density at radius 1 is 1.25 bits per heavy atom. The smallest absolute Gasteiger partial charge is 0.240 e. The molecule has 2 saturated heterocycles. The Balaban J connectivity index is 1.42. The Morgan fingerprint density at radius 2 is 2.04 bits per heavy atom. The topological polar surface area (TPSA) is 87.5 Å². The highest BCUT2D eigenvalue weighted by Gasteiger charge is 2.43. The molecule has 1 aromatic carbocycles. The third-order valence-corrected chi connectivity index (χ3v) is 5.05. The lowest BCUT2D eigenvalue weighted by Gasteiger charge is -2.43. The number of hydrogen-bond acceptors (Lipinski definition) is 5. The molecule has 2 fully saturated rings. The summed E-state index contributed by atoms with van der Waals surface area (Å²) in [5.41, 5.74) is 0.862. The number of rotatable bonds is 2. The van der Waals surface area contributed by atoms with Crippen LogP contribution < -0.4 is 10.6 Å². The van der Waals surface area contributed by atoms with Gasteiger partial charge in [0.05, 0.1) is 6.42 Å². The van der Waals surface area contributed by atoms with Gasteiger partial charge in [-0.3, -0.25) is 9.59 Å². The van der Waals surface area contributed by atoms with Crippen molar-refractivity contribution in [2.24, 2.45) is 0 Å². The first kappa shape index (κ1) is 15.1. The molecule has 7 heteroatoms. The van der Waals surface area contributed by atoms with Crippen LogP contribution in [0.1, 0.15) is 18.5 Å². The van der Waals surface area contributed by atoms with Crippen LogP contribution in [0, 0.1) is 0 Å².